The molecule has 0 saturated carbocycles. The average Bonchev–Trinajstić information content (AvgIpc) is 3.09. The first kappa shape index (κ1) is 19.6. The third-order valence-corrected chi connectivity index (χ3v) is 5.94. The van der Waals surface area contributed by atoms with E-state index in [1.807, 2.05) is 18.2 Å². The van der Waals surface area contributed by atoms with Gasteiger partial charge < -0.3 is 5.32 Å². The Bertz CT molecular complexity index is 1060. The second-order valence-corrected chi connectivity index (χ2v) is 7.75. The normalized spacial score (nSPS) is 15.9. The van der Waals surface area contributed by atoms with E-state index in [4.69, 9.17) is 11.6 Å². The molecule has 0 aliphatic carbocycles. The number of urea groups is 1. The smallest absolute Gasteiger partial charge is 0.307 e. The van der Waals surface area contributed by atoms with Crippen LogP contribution >= 0.6 is 23.4 Å². The Morgan fingerprint density at radius 1 is 1.14 bits per heavy atom. The zero-order valence-corrected chi connectivity index (χ0v) is 16.2. The number of para-hydroxylation sites is 1. The van der Waals surface area contributed by atoms with Crippen molar-refractivity contribution in [2.24, 2.45) is 0 Å². The standard InChI is InChI=1S/C20H13ClF3N3OS/c21-15-8-7-13(10-14(15)20(22,23)24)26-19(28)27-16-5-1-2-6-17(16)29-18(27)12-4-3-9-25-11-12/h1-11,18H,(H,26,28). The number of thioether (sulfide) groups is 1. The van der Waals surface area contributed by atoms with Gasteiger partial charge in [-0.25, -0.2) is 4.79 Å². The van der Waals surface area contributed by atoms with Crippen molar-refractivity contribution in [1.82, 2.24) is 4.98 Å². The van der Waals surface area contributed by atoms with Crippen molar-refractivity contribution in [3.63, 3.8) is 0 Å². The molecule has 1 atom stereocenters. The molecule has 0 radical (unpaired) electrons. The minimum atomic E-state index is -4.62. The lowest BCUT2D eigenvalue weighted by Crippen LogP contribution is -2.35. The second kappa shape index (κ2) is 7.61. The van der Waals surface area contributed by atoms with Crippen molar-refractivity contribution in [1.29, 1.82) is 0 Å². The number of nitrogens with one attached hydrogen (secondary N) is 1. The van der Waals surface area contributed by atoms with Gasteiger partial charge in [0.1, 0.15) is 5.37 Å². The number of alkyl halides is 3. The molecule has 4 rings (SSSR count). The van der Waals surface area contributed by atoms with Gasteiger partial charge in [-0.1, -0.05) is 41.6 Å². The summed E-state index contributed by atoms with van der Waals surface area (Å²) in [6.45, 7) is 0. The van der Waals surface area contributed by atoms with Crippen LogP contribution in [0.25, 0.3) is 0 Å². The highest BCUT2D eigenvalue weighted by Gasteiger charge is 2.37. The van der Waals surface area contributed by atoms with Gasteiger partial charge in [-0.15, -0.1) is 0 Å². The predicted molar refractivity (Wildman–Crippen MR) is 107 cm³/mol. The van der Waals surface area contributed by atoms with Crippen LogP contribution in [-0.4, -0.2) is 11.0 Å². The van der Waals surface area contributed by atoms with Gasteiger partial charge in [0.25, 0.3) is 0 Å². The summed E-state index contributed by atoms with van der Waals surface area (Å²) < 4.78 is 39.4. The van der Waals surface area contributed by atoms with Crippen molar-refractivity contribution >= 4 is 40.8 Å². The van der Waals surface area contributed by atoms with E-state index in [1.165, 1.54) is 22.7 Å². The number of halogens is 4. The first-order valence-corrected chi connectivity index (χ1v) is 9.73. The SMILES string of the molecule is O=C(Nc1ccc(Cl)c(C(F)(F)F)c1)N1c2ccccc2SC1c1cccnc1. The number of amides is 2. The van der Waals surface area contributed by atoms with Crippen molar-refractivity contribution in [2.75, 3.05) is 10.2 Å². The maximum Gasteiger partial charge on any atom is 0.417 e. The van der Waals surface area contributed by atoms with Crippen LogP contribution in [0, 0.1) is 0 Å². The summed E-state index contributed by atoms with van der Waals surface area (Å²) >= 11 is 7.13. The van der Waals surface area contributed by atoms with Crippen molar-refractivity contribution in [3.05, 3.63) is 83.1 Å². The second-order valence-electron chi connectivity index (χ2n) is 6.22. The van der Waals surface area contributed by atoms with Crippen LogP contribution in [0.15, 0.2) is 71.9 Å². The van der Waals surface area contributed by atoms with E-state index in [-0.39, 0.29) is 5.69 Å². The average molecular weight is 436 g/mol. The molecule has 0 fully saturated rings. The maximum absolute atomic E-state index is 13.1. The molecule has 4 nitrogen and oxygen atoms in total. The summed E-state index contributed by atoms with van der Waals surface area (Å²) in [6.07, 6.45) is -1.33. The van der Waals surface area contributed by atoms with Crippen molar-refractivity contribution in [3.8, 4) is 0 Å². The summed E-state index contributed by atoms with van der Waals surface area (Å²) in [6, 6.07) is 13.7. The lowest BCUT2D eigenvalue weighted by Gasteiger charge is -2.25. The molecule has 1 aliphatic heterocycles. The quantitative estimate of drug-likeness (QED) is 0.493. The topological polar surface area (TPSA) is 45.2 Å². The Hall–Kier alpha value is -2.71. The predicted octanol–water partition coefficient (Wildman–Crippen LogP) is 6.60. The van der Waals surface area contributed by atoms with Crippen LogP contribution in [0.1, 0.15) is 16.5 Å². The van der Waals surface area contributed by atoms with Gasteiger partial charge in [-0.2, -0.15) is 13.2 Å². The van der Waals surface area contributed by atoms with E-state index in [0.717, 1.165) is 22.6 Å². The highest BCUT2D eigenvalue weighted by atomic mass is 35.5. The summed E-state index contributed by atoms with van der Waals surface area (Å²) in [5.41, 5.74) is 0.479. The number of fused-ring (bicyclic) bond motifs is 1. The number of carbonyl (C=O) groups is 1. The number of pyridine rings is 1. The lowest BCUT2D eigenvalue weighted by atomic mass is 10.2. The first-order chi connectivity index (χ1) is 13.8. The Morgan fingerprint density at radius 2 is 1.93 bits per heavy atom. The summed E-state index contributed by atoms with van der Waals surface area (Å²) in [5.74, 6) is 0. The number of hydrogen-bond acceptors (Lipinski definition) is 3. The van der Waals surface area contributed by atoms with Crippen LogP contribution in [-0.2, 0) is 6.18 Å². The maximum atomic E-state index is 13.1. The van der Waals surface area contributed by atoms with Crippen LogP contribution < -0.4 is 10.2 Å². The molecule has 0 saturated heterocycles. The number of aromatic nitrogens is 1. The molecule has 0 spiro atoms. The van der Waals surface area contributed by atoms with E-state index >= 15 is 0 Å². The molecule has 1 aliphatic rings. The highest BCUT2D eigenvalue weighted by molar-refractivity contribution is 8.00. The lowest BCUT2D eigenvalue weighted by molar-refractivity contribution is -0.137. The van der Waals surface area contributed by atoms with Crippen LogP contribution in [0.3, 0.4) is 0 Å². The monoisotopic (exact) mass is 435 g/mol. The fraction of sp³-hybridized carbons (Fsp3) is 0.100. The van der Waals surface area contributed by atoms with Crippen LogP contribution in [0.4, 0.5) is 29.3 Å². The Labute approximate surface area is 173 Å². The number of nitrogens with zero attached hydrogens (tertiary/aromatic N) is 2. The molecule has 2 amide bonds. The third-order valence-electron chi connectivity index (χ3n) is 4.31. The number of rotatable bonds is 2. The highest BCUT2D eigenvalue weighted by Crippen LogP contribution is 2.51. The fourth-order valence-electron chi connectivity index (χ4n) is 3.01. The van der Waals surface area contributed by atoms with E-state index < -0.39 is 28.2 Å². The summed E-state index contributed by atoms with van der Waals surface area (Å²) in [4.78, 5) is 19.6. The summed E-state index contributed by atoms with van der Waals surface area (Å²) in [5, 5.41) is 1.74. The van der Waals surface area contributed by atoms with Gasteiger partial charge >= 0.3 is 12.2 Å². The number of anilines is 2. The Morgan fingerprint density at radius 3 is 2.66 bits per heavy atom. The molecule has 29 heavy (non-hydrogen) atoms. The Kier molecular flexibility index (Phi) is 5.14. The first-order valence-electron chi connectivity index (χ1n) is 8.47. The zero-order chi connectivity index (χ0) is 20.6. The van der Waals surface area contributed by atoms with E-state index in [1.54, 1.807) is 30.6 Å². The van der Waals surface area contributed by atoms with Crippen molar-refractivity contribution in [2.45, 2.75) is 16.4 Å². The molecule has 2 aromatic carbocycles. The zero-order valence-electron chi connectivity index (χ0n) is 14.7. The molecule has 3 aromatic rings. The van der Waals surface area contributed by atoms with Gasteiger partial charge in [0.2, 0.25) is 0 Å². The molecule has 2 heterocycles. The molecule has 1 aromatic heterocycles. The molecule has 1 N–H and O–H groups in total. The largest absolute Gasteiger partial charge is 0.417 e. The molecule has 0 bridgehead atoms. The van der Waals surface area contributed by atoms with Gasteiger partial charge in [0.05, 0.1) is 16.3 Å². The number of hydrogen-bond donors (Lipinski definition) is 1. The molecular weight excluding hydrogens is 423 g/mol. The van der Waals surface area contributed by atoms with E-state index in [2.05, 4.69) is 10.3 Å². The van der Waals surface area contributed by atoms with Gasteiger partial charge in [-0.05, 0) is 36.4 Å². The van der Waals surface area contributed by atoms with Crippen molar-refractivity contribution < 1.29 is 18.0 Å². The molecule has 148 valence electrons. The minimum Gasteiger partial charge on any atom is -0.307 e. The van der Waals surface area contributed by atoms with Gasteiger partial charge in [-0.3, -0.25) is 9.88 Å². The molecule has 9 heteroatoms. The number of benzene rings is 2. The Balaban J connectivity index is 1.67. The van der Waals surface area contributed by atoms with Crippen LogP contribution in [0.2, 0.25) is 5.02 Å². The van der Waals surface area contributed by atoms with Crippen LogP contribution in [0.5, 0.6) is 0 Å². The molecule has 1 unspecified atom stereocenters. The van der Waals surface area contributed by atoms with E-state index in [9.17, 15) is 18.0 Å². The third kappa shape index (κ3) is 3.90. The summed E-state index contributed by atoms with van der Waals surface area (Å²) in [7, 11) is 0. The fourth-order valence-corrected chi connectivity index (χ4v) is 4.51. The minimum absolute atomic E-state index is 0.00560. The number of carbonyl (C=O) groups excluding carboxylic acids is 1. The van der Waals surface area contributed by atoms with E-state index in [0.29, 0.717) is 5.69 Å². The van der Waals surface area contributed by atoms with Gasteiger partial charge in [0.15, 0.2) is 0 Å². The molecular formula is C20H13ClF3N3OS. The van der Waals surface area contributed by atoms with Gasteiger partial charge in [0, 0.05) is 28.5 Å².